The number of anilines is 1. The molecule has 32 heavy (non-hydrogen) atoms. The van der Waals surface area contributed by atoms with Gasteiger partial charge in [0, 0.05) is 58.1 Å². The van der Waals surface area contributed by atoms with Gasteiger partial charge in [-0.15, -0.1) is 0 Å². The summed E-state index contributed by atoms with van der Waals surface area (Å²) in [5.74, 6) is 2.46. The maximum absolute atomic E-state index is 12.6. The third-order valence-electron chi connectivity index (χ3n) is 7.41. The summed E-state index contributed by atoms with van der Waals surface area (Å²) < 4.78 is 28.0. The average molecular weight is 456 g/mol. The fourth-order valence-electron chi connectivity index (χ4n) is 5.59. The van der Waals surface area contributed by atoms with Crippen LogP contribution >= 0.6 is 0 Å². The molecule has 1 N–H and O–H groups in total. The minimum absolute atomic E-state index is 0.310. The molecule has 2 bridgehead atoms. The van der Waals surface area contributed by atoms with Crippen molar-refractivity contribution in [2.75, 3.05) is 57.3 Å². The predicted octanol–water partition coefficient (Wildman–Crippen LogP) is 1.89. The Balaban J connectivity index is 1.11. The second-order valence-electron chi connectivity index (χ2n) is 9.33. The van der Waals surface area contributed by atoms with E-state index in [1.807, 2.05) is 18.3 Å². The summed E-state index contributed by atoms with van der Waals surface area (Å²) in [7, 11) is -3.44. The molecule has 4 fully saturated rings. The SMILES string of the molecule is O=S(=O)(NC[C@H]1C[C@@H]2CCN1C[C@@H]2CN1CCN(c2ccccn2)CC1)c1ccccc1. The Kier molecular flexibility index (Phi) is 6.46. The first-order valence-corrected chi connectivity index (χ1v) is 13.2. The highest BCUT2D eigenvalue weighted by molar-refractivity contribution is 7.89. The molecule has 172 valence electrons. The summed E-state index contributed by atoms with van der Waals surface area (Å²) in [6.07, 6.45) is 4.20. The number of aromatic nitrogens is 1. The number of pyridine rings is 1. The van der Waals surface area contributed by atoms with Gasteiger partial charge in [0.25, 0.3) is 0 Å². The van der Waals surface area contributed by atoms with Crippen molar-refractivity contribution < 1.29 is 8.42 Å². The molecule has 0 aliphatic carbocycles. The molecule has 1 aromatic heterocycles. The Bertz CT molecular complexity index is 980. The summed E-state index contributed by atoms with van der Waals surface area (Å²) in [4.78, 5) is 12.3. The van der Waals surface area contributed by atoms with E-state index in [0.717, 1.165) is 58.1 Å². The number of piperazine rings is 1. The molecule has 2 aromatic rings. The molecule has 6 rings (SSSR count). The van der Waals surface area contributed by atoms with Crippen LogP contribution in [0.1, 0.15) is 12.8 Å². The number of nitrogens with one attached hydrogen (secondary N) is 1. The van der Waals surface area contributed by atoms with Gasteiger partial charge in [0.1, 0.15) is 5.82 Å². The maximum Gasteiger partial charge on any atom is 0.240 e. The number of hydrogen-bond acceptors (Lipinski definition) is 6. The van der Waals surface area contributed by atoms with E-state index in [1.165, 1.54) is 6.42 Å². The van der Waals surface area contributed by atoms with Crippen molar-refractivity contribution in [2.45, 2.75) is 23.8 Å². The Morgan fingerprint density at radius 3 is 2.44 bits per heavy atom. The minimum atomic E-state index is -3.44. The van der Waals surface area contributed by atoms with Gasteiger partial charge < -0.3 is 4.90 Å². The van der Waals surface area contributed by atoms with Crippen LogP contribution in [0, 0.1) is 11.8 Å². The van der Waals surface area contributed by atoms with Gasteiger partial charge in [-0.25, -0.2) is 18.1 Å². The lowest BCUT2D eigenvalue weighted by atomic mass is 9.75. The molecule has 0 spiro atoms. The van der Waals surface area contributed by atoms with E-state index in [1.54, 1.807) is 24.3 Å². The second kappa shape index (κ2) is 9.47. The molecule has 0 amide bonds. The van der Waals surface area contributed by atoms with Crippen molar-refractivity contribution in [1.82, 2.24) is 19.5 Å². The number of piperidine rings is 3. The first-order valence-electron chi connectivity index (χ1n) is 11.8. The van der Waals surface area contributed by atoms with E-state index in [-0.39, 0.29) is 0 Å². The van der Waals surface area contributed by atoms with Gasteiger partial charge in [0.05, 0.1) is 4.90 Å². The third-order valence-corrected chi connectivity index (χ3v) is 8.85. The zero-order valence-electron chi connectivity index (χ0n) is 18.5. The summed E-state index contributed by atoms with van der Waals surface area (Å²) in [6.45, 7) is 8.06. The molecule has 4 saturated heterocycles. The van der Waals surface area contributed by atoms with Crippen LogP contribution in [0.2, 0.25) is 0 Å². The number of hydrogen-bond donors (Lipinski definition) is 1. The lowest BCUT2D eigenvalue weighted by Crippen LogP contribution is -2.59. The predicted molar refractivity (Wildman–Crippen MR) is 126 cm³/mol. The van der Waals surface area contributed by atoms with Crippen molar-refractivity contribution in [1.29, 1.82) is 0 Å². The van der Waals surface area contributed by atoms with Gasteiger partial charge >= 0.3 is 0 Å². The second-order valence-corrected chi connectivity index (χ2v) is 11.1. The molecule has 5 heterocycles. The van der Waals surface area contributed by atoms with Gasteiger partial charge in [-0.1, -0.05) is 24.3 Å². The number of nitrogens with zero attached hydrogens (tertiary/aromatic N) is 4. The number of fused-ring (bicyclic) bond motifs is 3. The Hall–Kier alpha value is -2.00. The molecule has 0 radical (unpaired) electrons. The molecule has 1 unspecified atom stereocenters. The lowest BCUT2D eigenvalue weighted by Gasteiger charge is -2.51. The molecule has 4 aliphatic heterocycles. The van der Waals surface area contributed by atoms with Crippen molar-refractivity contribution in [3.8, 4) is 0 Å². The van der Waals surface area contributed by atoms with Gasteiger partial charge in [-0.3, -0.25) is 9.80 Å². The van der Waals surface area contributed by atoms with Crippen LogP contribution in [-0.2, 0) is 10.0 Å². The zero-order chi connectivity index (χ0) is 22.0. The molecule has 4 atom stereocenters. The Labute approximate surface area is 191 Å². The smallest absolute Gasteiger partial charge is 0.240 e. The van der Waals surface area contributed by atoms with Crippen LogP contribution < -0.4 is 9.62 Å². The largest absolute Gasteiger partial charge is 0.354 e. The van der Waals surface area contributed by atoms with Crippen LogP contribution in [-0.4, -0.2) is 81.6 Å². The summed E-state index contributed by atoms with van der Waals surface area (Å²) in [5, 5.41) is 0. The van der Waals surface area contributed by atoms with Crippen molar-refractivity contribution in [3.05, 3.63) is 54.7 Å². The summed E-state index contributed by atoms with van der Waals surface area (Å²) >= 11 is 0. The van der Waals surface area contributed by atoms with Crippen molar-refractivity contribution >= 4 is 15.8 Å². The molecule has 7 nitrogen and oxygen atoms in total. The zero-order valence-corrected chi connectivity index (χ0v) is 19.3. The average Bonchev–Trinajstić information content (AvgIpc) is 2.85. The van der Waals surface area contributed by atoms with E-state index in [9.17, 15) is 8.42 Å². The van der Waals surface area contributed by atoms with Gasteiger partial charge in [0.2, 0.25) is 10.0 Å². The van der Waals surface area contributed by atoms with Crippen LogP contribution in [0.5, 0.6) is 0 Å². The van der Waals surface area contributed by atoms with Crippen LogP contribution in [0.3, 0.4) is 0 Å². The van der Waals surface area contributed by atoms with Crippen LogP contribution in [0.15, 0.2) is 59.6 Å². The van der Waals surface area contributed by atoms with E-state index in [0.29, 0.717) is 29.3 Å². The van der Waals surface area contributed by atoms with Crippen molar-refractivity contribution in [2.24, 2.45) is 11.8 Å². The normalized spacial score (nSPS) is 28.7. The van der Waals surface area contributed by atoms with E-state index in [2.05, 4.69) is 36.5 Å². The first-order chi connectivity index (χ1) is 15.6. The first kappa shape index (κ1) is 21.8. The van der Waals surface area contributed by atoms with Gasteiger partial charge in [-0.2, -0.15) is 0 Å². The van der Waals surface area contributed by atoms with Gasteiger partial charge in [0.15, 0.2) is 0 Å². The Morgan fingerprint density at radius 1 is 0.969 bits per heavy atom. The quantitative estimate of drug-likeness (QED) is 0.688. The minimum Gasteiger partial charge on any atom is -0.354 e. The standard InChI is InChI=1S/C24H33N5O2S/c30-32(31,23-6-2-1-3-7-23)26-17-22-16-20-9-11-29(22)19-21(20)18-27-12-14-28(15-13-27)24-8-4-5-10-25-24/h1-8,10,20-22,26H,9,11-19H2/t20-,21-,22+/m0/s1. The summed E-state index contributed by atoms with van der Waals surface area (Å²) in [5.41, 5.74) is 0. The van der Waals surface area contributed by atoms with E-state index < -0.39 is 10.0 Å². The van der Waals surface area contributed by atoms with E-state index in [4.69, 9.17) is 0 Å². The number of benzene rings is 1. The fraction of sp³-hybridized carbons (Fsp3) is 0.542. The highest BCUT2D eigenvalue weighted by atomic mass is 32.2. The molecule has 0 saturated carbocycles. The molecule has 4 aliphatic rings. The topological polar surface area (TPSA) is 68.8 Å². The number of rotatable bonds is 7. The highest BCUT2D eigenvalue weighted by Crippen LogP contribution is 2.36. The molecule has 1 aromatic carbocycles. The molecular formula is C24H33N5O2S. The number of sulfonamides is 1. The Morgan fingerprint density at radius 2 is 1.75 bits per heavy atom. The summed E-state index contributed by atoms with van der Waals surface area (Å²) in [6, 6.07) is 15.1. The lowest BCUT2D eigenvalue weighted by molar-refractivity contribution is -0.0108. The monoisotopic (exact) mass is 455 g/mol. The maximum atomic E-state index is 12.6. The van der Waals surface area contributed by atoms with Crippen LogP contribution in [0.25, 0.3) is 0 Å². The third kappa shape index (κ3) is 4.83. The van der Waals surface area contributed by atoms with Crippen LogP contribution in [0.4, 0.5) is 5.82 Å². The fourth-order valence-corrected chi connectivity index (χ4v) is 6.68. The van der Waals surface area contributed by atoms with Gasteiger partial charge in [-0.05, 0) is 55.5 Å². The molecular weight excluding hydrogens is 422 g/mol. The van der Waals surface area contributed by atoms with Crippen molar-refractivity contribution in [3.63, 3.8) is 0 Å². The molecule has 8 heteroatoms. The van der Waals surface area contributed by atoms with E-state index >= 15 is 0 Å². The highest BCUT2D eigenvalue weighted by Gasteiger charge is 2.41.